The molecule has 0 amide bonds. The van der Waals surface area contributed by atoms with E-state index < -0.39 is 10.0 Å². The highest BCUT2D eigenvalue weighted by Gasteiger charge is 2.15. The molecule has 21 heavy (non-hydrogen) atoms. The highest BCUT2D eigenvalue weighted by molar-refractivity contribution is 7.89. The van der Waals surface area contributed by atoms with E-state index in [1.54, 1.807) is 18.3 Å². The third kappa shape index (κ3) is 2.81. The van der Waals surface area contributed by atoms with Gasteiger partial charge >= 0.3 is 0 Å². The first kappa shape index (κ1) is 13.8. The summed E-state index contributed by atoms with van der Waals surface area (Å²) in [7, 11) is -3.54. The van der Waals surface area contributed by atoms with Crippen LogP contribution in [0.1, 0.15) is 11.3 Å². The SMILES string of the molecule is Cc1[nH]ncc1CNS(=O)(=O)c1ccc2ccccc2c1. The monoisotopic (exact) mass is 301 g/mol. The number of benzene rings is 2. The van der Waals surface area contributed by atoms with Gasteiger partial charge in [0.05, 0.1) is 11.1 Å². The predicted molar refractivity (Wildman–Crippen MR) is 81.3 cm³/mol. The number of nitrogens with one attached hydrogen (secondary N) is 2. The molecule has 1 aromatic heterocycles. The standard InChI is InChI=1S/C15H15N3O2S/c1-11-14(9-16-18-11)10-17-21(19,20)15-7-6-12-4-2-3-5-13(12)8-15/h2-9,17H,10H2,1H3,(H,16,18). The van der Waals surface area contributed by atoms with Crippen molar-refractivity contribution in [1.29, 1.82) is 0 Å². The summed E-state index contributed by atoms with van der Waals surface area (Å²) in [5, 5.41) is 8.58. The molecule has 3 rings (SSSR count). The van der Waals surface area contributed by atoms with E-state index in [0.717, 1.165) is 22.0 Å². The quantitative estimate of drug-likeness (QED) is 0.776. The van der Waals surface area contributed by atoms with Crippen LogP contribution in [0.5, 0.6) is 0 Å². The second kappa shape index (κ2) is 5.31. The van der Waals surface area contributed by atoms with Crippen molar-refractivity contribution in [1.82, 2.24) is 14.9 Å². The molecule has 0 bridgehead atoms. The maximum atomic E-state index is 12.3. The maximum absolute atomic E-state index is 12.3. The van der Waals surface area contributed by atoms with E-state index in [1.165, 1.54) is 0 Å². The van der Waals surface area contributed by atoms with Gasteiger partial charge in [0.15, 0.2) is 0 Å². The van der Waals surface area contributed by atoms with Gasteiger partial charge in [0.1, 0.15) is 0 Å². The third-order valence-corrected chi connectivity index (χ3v) is 4.82. The van der Waals surface area contributed by atoms with Crippen LogP contribution >= 0.6 is 0 Å². The zero-order valence-electron chi connectivity index (χ0n) is 11.5. The Labute approximate surface area is 123 Å². The number of nitrogens with zero attached hydrogens (tertiary/aromatic N) is 1. The Balaban J connectivity index is 1.87. The lowest BCUT2D eigenvalue weighted by Gasteiger charge is -2.07. The number of sulfonamides is 1. The largest absolute Gasteiger partial charge is 0.283 e. The highest BCUT2D eigenvalue weighted by atomic mass is 32.2. The van der Waals surface area contributed by atoms with Crippen molar-refractivity contribution in [2.45, 2.75) is 18.4 Å². The van der Waals surface area contributed by atoms with Crippen LogP contribution in [0.15, 0.2) is 53.6 Å². The van der Waals surface area contributed by atoms with E-state index in [1.807, 2.05) is 37.3 Å². The molecule has 2 aromatic carbocycles. The molecule has 3 aromatic rings. The van der Waals surface area contributed by atoms with Gasteiger partial charge < -0.3 is 0 Å². The fourth-order valence-corrected chi connectivity index (χ4v) is 3.19. The Kier molecular flexibility index (Phi) is 3.48. The van der Waals surface area contributed by atoms with Crippen molar-refractivity contribution in [3.8, 4) is 0 Å². The summed E-state index contributed by atoms with van der Waals surface area (Å²) >= 11 is 0. The van der Waals surface area contributed by atoms with Crippen molar-refractivity contribution in [3.63, 3.8) is 0 Å². The van der Waals surface area contributed by atoms with Gasteiger partial charge in [-0.05, 0) is 29.8 Å². The number of hydrogen-bond acceptors (Lipinski definition) is 3. The fourth-order valence-electron chi connectivity index (χ4n) is 2.14. The average Bonchev–Trinajstić information content (AvgIpc) is 2.90. The number of hydrogen-bond donors (Lipinski definition) is 2. The lowest BCUT2D eigenvalue weighted by atomic mass is 10.1. The Morgan fingerprint density at radius 1 is 1.14 bits per heavy atom. The molecular formula is C15H15N3O2S. The molecular weight excluding hydrogens is 286 g/mol. The summed E-state index contributed by atoms with van der Waals surface area (Å²) in [6.07, 6.45) is 1.62. The number of rotatable bonds is 4. The van der Waals surface area contributed by atoms with Crippen LogP contribution in [0.3, 0.4) is 0 Å². The molecule has 0 unspecified atom stereocenters. The number of aromatic amines is 1. The van der Waals surface area contributed by atoms with Crippen LogP contribution in [0.2, 0.25) is 0 Å². The van der Waals surface area contributed by atoms with Gasteiger partial charge in [-0.1, -0.05) is 30.3 Å². The first-order chi connectivity index (χ1) is 10.1. The van der Waals surface area contributed by atoms with Gasteiger partial charge in [-0.2, -0.15) is 5.10 Å². The summed E-state index contributed by atoms with van der Waals surface area (Å²) in [6.45, 7) is 2.07. The lowest BCUT2D eigenvalue weighted by Crippen LogP contribution is -2.23. The van der Waals surface area contributed by atoms with Crippen molar-refractivity contribution >= 4 is 20.8 Å². The molecule has 0 aliphatic carbocycles. The topological polar surface area (TPSA) is 74.8 Å². The van der Waals surface area contributed by atoms with Gasteiger partial charge in [-0.15, -0.1) is 0 Å². The van der Waals surface area contributed by atoms with E-state index in [2.05, 4.69) is 14.9 Å². The Morgan fingerprint density at radius 2 is 1.90 bits per heavy atom. The lowest BCUT2D eigenvalue weighted by molar-refractivity contribution is 0.581. The van der Waals surface area contributed by atoms with Crippen LogP contribution in [-0.2, 0) is 16.6 Å². The molecule has 1 heterocycles. The van der Waals surface area contributed by atoms with Crippen LogP contribution < -0.4 is 4.72 Å². The third-order valence-electron chi connectivity index (χ3n) is 3.42. The molecule has 6 heteroatoms. The Morgan fingerprint density at radius 3 is 2.62 bits per heavy atom. The van der Waals surface area contributed by atoms with Crippen LogP contribution in [0.25, 0.3) is 10.8 Å². The zero-order chi connectivity index (χ0) is 14.9. The Bertz CT molecular complexity index is 885. The van der Waals surface area contributed by atoms with Crippen molar-refractivity contribution in [2.75, 3.05) is 0 Å². The molecule has 0 saturated heterocycles. The minimum Gasteiger partial charge on any atom is -0.283 e. The second-order valence-electron chi connectivity index (χ2n) is 4.85. The molecule has 0 atom stereocenters. The van der Waals surface area contributed by atoms with Crippen molar-refractivity contribution in [2.24, 2.45) is 0 Å². The summed E-state index contributed by atoms with van der Waals surface area (Å²) < 4.78 is 27.3. The van der Waals surface area contributed by atoms with Crippen LogP contribution in [0.4, 0.5) is 0 Å². The number of fused-ring (bicyclic) bond motifs is 1. The van der Waals surface area contributed by atoms with Gasteiger partial charge in [0, 0.05) is 17.8 Å². The summed E-state index contributed by atoms with van der Waals surface area (Å²) in [5.74, 6) is 0. The van der Waals surface area contributed by atoms with Crippen LogP contribution in [-0.4, -0.2) is 18.6 Å². The number of aryl methyl sites for hydroxylation is 1. The normalized spacial score (nSPS) is 11.9. The molecule has 0 spiro atoms. The molecule has 0 aliphatic rings. The molecule has 0 fully saturated rings. The van der Waals surface area contributed by atoms with E-state index in [4.69, 9.17) is 0 Å². The van der Waals surface area contributed by atoms with Crippen molar-refractivity contribution in [3.05, 3.63) is 59.9 Å². The summed E-state index contributed by atoms with van der Waals surface area (Å²) in [5.41, 5.74) is 1.69. The zero-order valence-corrected chi connectivity index (χ0v) is 12.3. The second-order valence-corrected chi connectivity index (χ2v) is 6.62. The highest BCUT2D eigenvalue weighted by Crippen LogP contribution is 2.19. The first-order valence-electron chi connectivity index (χ1n) is 6.53. The van der Waals surface area contributed by atoms with Gasteiger partial charge in [0.25, 0.3) is 0 Å². The molecule has 0 radical (unpaired) electrons. The van der Waals surface area contributed by atoms with E-state index >= 15 is 0 Å². The van der Waals surface area contributed by atoms with E-state index in [0.29, 0.717) is 0 Å². The molecule has 0 saturated carbocycles. The minimum atomic E-state index is -3.54. The smallest absolute Gasteiger partial charge is 0.240 e. The molecule has 5 nitrogen and oxygen atoms in total. The van der Waals surface area contributed by atoms with Gasteiger partial charge in [0.2, 0.25) is 10.0 Å². The minimum absolute atomic E-state index is 0.220. The number of aromatic nitrogens is 2. The van der Waals surface area contributed by atoms with Gasteiger partial charge in [-0.25, -0.2) is 13.1 Å². The van der Waals surface area contributed by atoms with Gasteiger partial charge in [-0.3, -0.25) is 5.10 Å². The molecule has 0 aliphatic heterocycles. The maximum Gasteiger partial charge on any atom is 0.240 e. The number of H-pyrrole nitrogens is 1. The fraction of sp³-hybridized carbons (Fsp3) is 0.133. The molecule has 2 N–H and O–H groups in total. The average molecular weight is 301 g/mol. The molecule has 108 valence electrons. The van der Waals surface area contributed by atoms with E-state index in [9.17, 15) is 8.42 Å². The Hall–Kier alpha value is -2.18. The van der Waals surface area contributed by atoms with E-state index in [-0.39, 0.29) is 11.4 Å². The first-order valence-corrected chi connectivity index (χ1v) is 8.02. The van der Waals surface area contributed by atoms with Crippen molar-refractivity contribution < 1.29 is 8.42 Å². The summed E-state index contributed by atoms with van der Waals surface area (Å²) in [4.78, 5) is 0.266. The summed E-state index contributed by atoms with van der Waals surface area (Å²) in [6, 6.07) is 12.8. The predicted octanol–water partition coefficient (Wildman–Crippen LogP) is 2.35. The van der Waals surface area contributed by atoms with Crippen LogP contribution in [0, 0.1) is 6.92 Å².